The lowest BCUT2D eigenvalue weighted by atomic mass is 10.6. The molecule has 96 valence electrons. The molecule has 0 unspecified atom stereocenters. The first-order valence-corrected chi connectivity index (χ1v) is 6.77. The number of rotatable bonds is 6. The number of anilines is 1. The van der Waals surface area contributed by atoms with Gasteiger partial charge < -0.3 is 10.3 Å². The van der Waals surface area contributed by atoms with Gasteiger partial charge in [-0.3, -0.25) is 9.78 Å². The average molecular weight is 265 g/mol. The van der Waals surface area contributed by atoms with Crippen LogP contribution in [-0.2, 0) is 5.75 Å². The maximum Gasteiger partial charge on any atom is 0.252 e. The van der Waals surface area contributed by atoms with Crippen LogP contribution in [0.3, 0.4) is 0 Å². The van der Waals surface area contributed by atoms with Gasteiger partial charge in [-0.1, -0.05) is 0 Å². The van der Waals surface area contributed by atoms with Gasteiger partial charge in [0, 0.05) is 36.5 Å². The monoisotopic (exact) mass is 265 g/mol. The minimum atomic E-state index is -0.147. The van der Waals surface area contributed by atoms with Crippen LogP contribution in [0.15, 0.2) is 23.3 Å². The van der Waals surface area contributed by atoms with Gasteiger partial charge in [0.1, 0.15) is 5.82 Å². The highest BCUT2D eigenvalue weighted by molar-refractivity contribution is 7.98. The van der Waals surface area contributed by atoms with E-state index < -0.39 is 0 Å². The number of aryl methyl sites for hydroxylation is 1. The average Bonchev–Trinajstić information content (AvgIpc) is 2.75. The van der Waals surface area contributed by atoms with Crippen molar-refractivity contribution < 1.29 is 0 Å². The maximum atomic E-state index is 11.0. The number of hydrogen-bond donors (Lipinski definition) is 3. The molecule has 6 nitrogen and oxygen atoms in total. The second-order valence-electron chi connectivity index (χ2n) is 3.77. The van der Waals surface area contributed by atoms with E-state index in [1.54, 1.807) is 11.8 Å². The minimum Gasteiger partial charge on any atom is -0.355 e. The SMILES string of the molecule is Cc1cnc(CSCCNc2nccc(=O)[nH]2)[nH]1. The van der Waals surface area contributed by atoms with E-state index in [4.69, 9.17) is 0 Å². The molecule has 0 bridgehead atoms. The lowest BCUT2D eigenvalue weighted by Gasteiger charge is -2.03. The van der Waals surface area contributed by atoms with E-state index >= 15 is 0 Å². The highest BCUT2D eigenvalue weighted by Gasteiger charge is 1.98. The zero-order valence-corrected chi connectivity index (χ0v) is 10.9. The lowest BCUT2D eigenvalue weighted by Crippen LogP contribution is -2.13. The Morgan fingerprint density at radius 2 is 2.28 bits per heavy atom. The number of nitrogens with one attached hydrogen (secondary N) is 3. The Hall–Kier alpha value is -1.76. The van der Waals surface area contributed by atoms with Gasteiger partial charge in [0.2, 0.25) is 5.95 Å². The minimum absolute atomic E-state index is 0.147. The van der Waals surface area contributed by atoms with Crippen molar-refractivity contribution in [3.63, 3.8) is 0 Å². The Morgan fingerprint density at radius 1 is 1.39 bits per heavy atom. The molecule has 2 aromatic rings. The summed E-state index contributed by atoms with van der Waals surface area (Å²) in [5.74, 6) is 3.27. The zero-order valence-electron chi connectivity index (χ0n) is 10.1. The predicted octanol–water partition coefficient (Wildman–Crippen LogP) is 1.15. The van der Waals surface area contributed by atoms with E-state index in [1.165, 1.54) is 12.3 Å². The Labute approximate surface area is 109 Å². The summed E-state index contributed by atoms with van der Waals surface area (Å²) >= 11 is 1.77. The molecule has 0 amide bonds. The number of H-pyrrole nitrogens is 2. The van der Waals surface area contributed by atoms with Crippen molar-refractivity contribution in [3.05, 3.63) is 40.3 Å². The Kier molecular flexibility index (Phi) is 4.40. The summed E-state index contributed by atoms with van der Waals surface area (Å²) in [6.07, 6.45) is 3.31. The van der Waals surface area contributed by atoms with Crippen LogP contribution in [-0.4, -0.2) is 32.2 Å². The van der Waals surface area contributed by atoms with Crippen LogP contribution < -0.4 is 10.9 Å². The highest BCUT2D eigenvalue weighted by Crippen LogP contribution is 2.08. The molecule has 0 aliphatic carbocycles. The van der Waals surface area contributed by atoms with Gasteiger partial charge in [0.05, 0.1) is 5.75 Å². The molecule has 18 heavy (non-hydrogen) atoms. The van der Waals surface area contributed by atoms with Crippen LogP contribution >= 0.6 is 11.8 Å². The number of hydrogen-bond acceptors (Lipinski definition) is 5. The third-order valence-electron chi connectivity index (χ3n) is 2.20. The standard InChI is InChI=1S/C11H15N5OS/c1-8-6-14-9(15-8)7-18-5-4-13-11-12-3-2-10(17)16-11/h2-3,6H,4-5,7H2,1H3,(H,14,15)(H2,12,13,16,17). The molecule has 2 heterocycles. The molecule has 3 N–H and O–H groups in total. The maximum absolute atomic E-state index is 11.0. The first-order valence-electron chi connectivity index (χ1n) is 5.61. The van der Waals surface area contributed by atoms with Gasteiger partial charge in [0.25, 0.3) is 5.56 Å². The Balaban J connectivity index is 1.66. The Bertz CT molecular complexity index is 550. The van der Waals surface area contributed by atoms with Crippen molar-refractivity contribution >= 4 is 17.7 Å². The van der Waals surface area contributed by atoms with Gasteiger partial charge in [-0.2, -0.15) is 11.8 Å². The fourth-order valence-electron chi connectivity index (χ4n) is 1.41. The van der Waals surface area contributed by atoms with Crippen LogP contribution in [0.2, 0.25) is 0 Å². The molecular weight excluding hydrogens is 250 g/mol. The van der Waals surface area contributed by atoms with Crippen molar-refractivity contribution in [2.75, 3.05) is 17.6 Å². The molecule has 2 rings (SSSR count). The van der Waals surface area contributed by atoms with Gasteiger partial charge in [-0.15, -0.1) is 0 Å². The van der Waals surface area contributed by atoms with Gasteiger partial charge in [-0.25, -0.2) is 9.97 Å². The lowest BCUT2D eigenvalue weighted by molar-refractivity contribution is 1.06. The normalized spacial score (nSPS) is 10.5. The van der Waals surface area contributed by atoms with Crippen LogP contribution in [0.1, 0.15) is 11.5 Å². The van der Waals surface area contributed by atoms with E-state index in [0.717, 1.165) is 29.6 Å². The third kappa shape index (κ3) is 3.92. The molecule has 7 heteroatoms. The van der Waals surface area contributed by atoms with Crippen molar-refractivity contribution in [3.8, 4) is 0 Å². The molecule has 0 aliphatic heterocycles. The van der Waals surface area contributed by atoms with Gasteiger partial charge >= 0.3 is 0 Å². The molecule has 0 atom stereocenters. The number of aromatic amines is 2. The fourth-order valence-corrected chi connectivity index (χ4v) is 2.14. The topological polar surface area (TPSA) is 86.5 Å². The third-order valence-corrected chi connectivity index (χ3v) is 3.17. The first kappa shape index (κ1) is 12.7. The highest BCUT2D eigenvalue weighted by atomic mass is 32.2. The molecule has 2 aromatic heterocycles. The summed E-state index contributed by atoms with van der Waals surface area (Å²) in [5, 5.41) is 3.06. The van der Waals surface area contributed by atoms with E-state index in [9.17, 15) is 4.79 Å². The first-order chi connectivity index (χ1) is 8.74. The van der Waals surface area contributed by atoms with E-state index in [-0.39, 0.29) is 5.56 Å². The second kappa shape index (κ2) is 6.25. The largest absolute Gasteiger partial charge is 0.355 e. The predicted molar refractivity (Wildman–Crippen MR) is 72.8 cm³/mol. The molecule has 0 aromatic carbocycles. The van der Waals surface area contributed by atoms with Crippen molar-refractivity contribution in [2.24, 2.45) is 0 Å². The Morgan fingerprint density at radius 3 is 3.00 bits per heavy atom. The van der Waals surface area contributed by atoms with Crippen LogP contribution in [0, 0.1) is 6.92 Å². The summed E-state index contributed by atoms with van der Waals surface area (Å²) < 4.78 is 0. The molecule has 0 spiro atoms. The number of imidazole rings is 1. The zero-order chi connectivity index (χ0) is 12.8. The van der Waals surface area contributed by atoms with E-state index in [2.05, 4.69) is 25.3 Å². The van der Waals surface area contributed by atoms with Gasteiger partial charge in [0.15, 0.2) is 0 Å². The number of aromatic nitrogens is 4. The summed E-state index contributed by atoms with van der Waals surface area (Å²) in [4.78, 5) is 25.0. The van der Waals surface area contributed by atoms with Gasteiger partial charge in [-0.05, 0) is 6.92 Å². The van der Waals surface area contributed by atoms with E-state index in [0.29, 0.717) is 5.95 Å². The molecule has 0 radical (unpaired) electrons. The van der Waals surface area contributed by atoms with E-state index in [1.807, 2.05) is 13.1 Å². The molecule has 0 fully saturated rings. The summed E-state index contributed by atoms with van der Waals surface area (Å²) in [6, 6.07) is 1.39. The van der Waals surface area contributed by atoms with Crippen LogP contribution in [0.25, 0.3) is 0 Å². The molecule has 0 aliphatic rings. The second-order valence-corrected chi connectivity index (χ2v) is 4.88. The number of nitrogens with zero attached hydrogens (tertiary/aromatic N) is 2. The number of thioether (sulfide) groups is 1. The van der Waals surface area contributed by atoms with Crippen LogP contribution in [0.4, 0.5) is 5.95 Å². The molecule has 0 saturated heterocycles. The van der Waals surface area contributed by atoms with Crippen LogP contribution in [0.5, 0.6) is 0 Å². The van der Waals surface area contributed by atoms with Crippen molar-refractivity contribution in [1.82, 2.24) is 19.9 Å². The smallest absolute Gasteiger partial charge is 0.252 e. The quantitative estimate of drug-likeness (QED) is 0.682. The van der Waals surface area contributed by atoms with Crippen molar-refractivity contribution in [2.45, 2.75) is 12.7 Å². The summed E-state index contributed by atoms with van der Waals surface area (Å²) in [5.41, 5.74) is 0.931. The summed E-state index contributed by atoms with van der Waals surface area (Å²) in [6.45, 7) is 2.73. The van der Waals surface area contributed by atoms with Crippen molar-refractivity contribution in [1.29, 1.82) is 0 Å². The summed E-state index contributed by atoms with van der Waals surface area (Å²) in [7, 11) is 0. The fraction of sp³-hybridized carbons (Fsp3) is 0.364. The molecular formula is C11H15N5OS. The molecule has 0 saturated carbocycles.